The van der Waals surface area contributed by atoms with Crippen molar-refractivity contribution in [3.63, 3.8) is 0 Å². The first-order chi connectivity index (χ1) is 9.08. The third-order valence-electron chi connectivity index (χ3n) is 3.63. The Morgan fingerprint density at radius 3 is 2.63 bits per heavy atom. The van der Waals surface area contributed by atoms with Gasteiger partial charge in [-0.1, -0.05) is 0 Å². The van der Waals surface area contributed by atoms with E-state index < -0.39 is 0 Å². The molecule has 2 N–H and O–H groups in total. The van der Waals surface area contributed by atoms with Crippen LogP contribution in [0.25, 0.3) is 0 Å². The van der Waals surface area contributed by atoms with Gasteiger partial charge in [-0.15, -0.1) is 0 Å². The van der Waals surface area contributed by atoms with Gasteiger partial charge < -0.3 is 15.1 Å². The van der Waals surface area contributed by atoms with Gasteiger partial charge in [0.15, 0.2) is 0 Å². The monoisotopic (exact) mass is 265 g/mol. The van der Waals surface area contributed by atoms with Crippen LogP contribution in [-0.2, 0) is 4.79 Å². The number of nitrogens with one attached hydrogen (secondary N) is 2. The van der Waals surface area contributed by atoms with Crippen molar-refractivity contribution in [1.29, 1.82) is 0 Å². The molecule has 1 aliphatic heterocycles. The molecule has 1 aromatic rings. The maximum absolute atomic E-state index is 12.2. The largest absolute Gasteiger partial charge is 0.464 e. The van der Waals surface area contributed by atoms with Gasteiger partial charge >= 0.3 is 0 Å². The van der Waals surface area contributed by atoms with E-state index in [1.807, 2.05) is 32.9 Å². The van der Waals surface area contributed by atoms with Crippen molar-refractivity contribution in [3.8, 4) is 0 Å². The molecule has 2 heterocycles. The minimum atomic E-state index is -0.0967. The third kappa shape index (κ3) is 3.58. The predicted octanol–water partition coefficient (Wildman–Crippen LogP) is 1.06. The lowest BCUT2D eigenvalue weighted by Crippen LogP contribution is -2.52. The summed E-state index contributed by atoms with van der Waals surface area (Å²) in [6.45, 7) is 9.55. The van der Waals surface area contributed by atoms with Gasteiger partial charge in [-0.25, -0.2) is 0 Å². The molecule has 1 aliphatic rings. The summed E-state index contributed by atoms with van der Waals surface area (Å²) in [5, 5.41) is 6.30. The maximum atomic E-state index is 12.2. The summed E-state index contributed by atoms with van der Waals surface area (Å²) < 4.78 is 5.53. The Bertz CT molecular complexity index is 424. The second-order valence-electron chi connectivity index (χ2n) is 5.14. The van der Waals surface area contributed by atoms with Gasteiger partial charge in [0.25, 0.3) is 0 Å². The fourth-order valence-electron chi connectivity index (χ4n) is 2.33. The molecule has 0 aromatic carbocycles. The molecule has 5 heteroatoms. The average Bonchev–Trinajstić information content (AvgIpc) is 2.85. The number of nitrogens with zero attached hydrogens (tertiary/aromatic N) is 1. The minimum absolute atomic E-state index is 0.0588. The molecule has 1 aromatic heterocycles. The Kier molecular flexibility index (Phi) is 4.61. The van der Waals surface area contributed by atoms with Crippen molar-refractivity contribution in [2.45, 2.75) is 32.9 Å². The molecular weight excluding hydrogens is 242 g/mol. The summed E-state index contributed by atoms with van der Waals surface area (Å²) in [5.41, 5.74) is 0. The van der Waals surface area contributed by atoms with E-state index in [-0.39, 0.29) is 18.0 Å². The normalized spacial score (nSPS) is 19.9. The zero-order valence-electron chi connectivity index (χ0n) is 11.9. The summed E-state index contributed by atoms with van der Waals surface area (Å²) in [4.78, 5) is 14.4. The highest BCUT2D eigenvalue weighted by atomic mass is 16.3. The van der Waals surface area contributed by atoms with E-state index in [1.54, 1.807) is 0 Å². The van der Waals surface area contributed by atoms with E-state index in [0.717, 1.165) is 37.7 Å². The molecule has 2 unspecified atom stereocenters. The summed E-state index contributed by atoms with van der Waals surface area (Å²) in [6.07, 6.45) is 0. The molecule has 0 saturated carbocycles. The Balaban J connectivity index is 1.89. The molecule has 0 radical (unpaired) electrons. The van der Waals surface area contributed by atoms with Gasteiger partial charge in [-0.05, 0) is 32.9 Å². The minimum Gasteiger partial charge on any atom is -0.464 e. The lowest BCUT2D eigenvalue weighted by molar-refractivity contribution is -0.126. The highest BCUT2D eigenvalue weighted by Crippen LogP contribution is 2.16. The summed E-state index contributed by atoms with van der Waals surface area (Å²) in [7, 11) is 0. The Labute approximate surface area is 114 Å². The predicted molar refractivity (Wildman–Crippen MR) is 73.9 cm³/mol. The summed E-state index contributed by atoms with van der Waals surface area (Å²) in [6, 6.07) is 3.64. The average molecular weight is 265 g/mol. The van der Waals surface area contributed by atoms with Crippen molar-refractivity contribution >= 4 is 5.91 Å². The molecule has 0 spiro atoms. The van der Waals surface area contributed by atoms with Crippen molar-refractivity contribution in [2.24, 2.45) is 0 Å². The first kappa shape index (κ1) is 14.1. The molecule has 5 nitrogen and oxygen atoms in total. The molecule has 2 atom stereocenters. The molecule has 106 valence electrons. The summed E-state index contributed by atoms with van der Waals surface area (Å²) in [5.74, 6) is 1.73. The Hall–Kier alpha value is -1.33. The quantitative estimate of drug-likeness (QED) is 0.854. The first-order valence-electron chi connectivity index (χ1n) is 6.89. The highest BCUT2D eigenvalue weighted by molar-refractivity contribution is 5.81. The zero-order chi connectivity index (χ0) is 13.8. The van der Waals surface area contributed by atoms with Gasteiger partial charge in [0, 0.05) is 26.2 Å². The van der Waals surface area contributed by atoms with Crippen molar-refractivity contribution in [1.82, 2.24) is 15.5 Å². The number of amides is 1. The second-order valence-corrected chi connectivity index (χ2v) is 5.14. The molecule has 2 rings (SSSR count). The first-order valence-corrected chi connectivity index (χ1v) is 6.89. The number of carbonyl (C=O) groups excluding carboxylic acids is 1. The van der Waals surface area contributed by atoms with Crippen LogP contribution in [0.1, 0.15) is 31.4 Å². The van der Waals surface area contributed by atoms with E-state index in [9.17, 15) is 4.79 Å². The number of piperazine rings is 1. The van der Waals surface area contributed by atoms with Gasteiger partial charge in [0.1, 0.15) is 11.5 Å². The van der Waals surface area contributed by atoms with E-state index in [0.29, 0.717) is 0 Å². The van der Waals surface area contributed by atoms with Gasteiger partial charge in [0.05, 0.1) is 12.1 Å². The van der Waals surface area contributed by atoms with Crippen LogP contribution in [0.3, 0.4) is 0 Å². The van der Waals surface area contributed by atoms with Crippen LogP contribution >= 0.6 is 0 Å². The molecule has 0 aliphatic carbocycles. The molecule has 0 bridgehead atoms. The molecule has 1 amide bonds. The smallest absolute Gasteiger partial charge is 0.237 e. The van der Waals surface area contributed by atoms with Crippen molar-refractivity contribution in [2.75, 3.05) is 26.2 Å². The Morgan fingerprint density at radius 2 is 2.05 bits per heavy atom. The highest BCUT2D eigenvalue weighted by Gasteiger charge is 2.24. The lowest BCUT2D eigenvalue weighted by Gasteiger charge is -2.32. The second kappa shape index (κ2) is 6.21. The zero-order valence-corrected chi connectivity index (χ0v) is 11.9. The topological polar surface area (TPSA) is 57.5 Å². The van der Waals surface area contributed by atoms with Crippen LogP contribution < -0.4 is 10.6 Å². The number of rotatable bonds is 4. The van der Waals surface area contributed by atoms with Gasteiger partial charge in [-0.3, -0.25) is 9.69 Å². The fraction of sp³-hybridized carbons (Fsp3) is 0.643. The molecular formula is C14H23N3O2. The number of hydrogen-bond acceptors (Lipinski definition) is 4. The van der Waals surface area contributed by atoms with Crippen molar-refractivity contribution < 1.29 is 9.21 Å². The molecule has 19 heavy (non-hydrogen) atoms. The lowest BCUT2D eigenvalue weighted by atomic mass is 10.2. The van der Waals surface area contributed by atoms with Crippen LogP contribution in [0.15, 0.2) is 16.5 Å². The number of carbonyl (C=O) groups is 1. The Morgan fingerprint density at radius 1 is 1.37 bits per heavy atom. The summed E-state index contributed by atoms with van der Waals surface area (Å²) >= 11 is 0. The van der Waals surface area contributed by atoms with Crippen molar-refractivity contribution in [3.05, 3.63) is 23.7 Å². The van der Waals surface area contributed by atoms with Crippen LogP contribution in [0.5, 0.6) is 0 Å². The number of hydrogen-bond donors (Lipinski definition) is 2. The van der Waals surface area contributed by atoms with E-state index >= 15 is 0 Å². The molecule has 1 saturated heterocycles. The number of aryl methyl sites for hydroxylation is 1. The van der Waals surface area contributed by atoms with E-state index in [2.05, 4.69) is 15.5 Å². The number of furan rings is 1. The van der Waals surface area contributed by atoms with Crippen LogP contribution in [0, 0.1) is 6.92 Å². The van der Waals surface area contributed by atoms with Gasteiger partial charge in [0.2, 0.25) is 5.91 Å². The fourth-order valence-corrected chi connectivity index (χ4v) is 2.33. The standard InChI is InChI=1S/C14H23N3O2/c1-10-4-5-13(19-10)11(2)16-14(18)12(3)17-8-6-15-7-9-17/h4-5,11-12,15H,6-9H2,1-3H3,(H,16,18). The van der Waals surface area contributed by atoms with Crippen LogP contribution in [0.4, 0.5) is 0 Å². The third-order valence-corrected chi connectivity index (χ3v) is 3.63. The molecule has 1 fully saturated rings. The van der Waals surface area contributed by atoms with E-state index in [4.69, 9.17) is 4.42 Å². The van der Waals surface area contributed by atoms with Crippen LogP contribution in [0.2, 0.25) is 0 Å². The van der Waals surface area contributed by atoms with Crippen LogP contribution in [-0.4, -0.2) is 43.0 Å². The van der Waals surface area contributed by atoms with E-state index in [1.165, 1.54) is 0 Å². The maximum Gasteiger partial charge on any atom is 0.237 e. The van der Waals surface area contributed by atoms with Gasteiger partial charge in [-0.2, -0.15) is 0 Å². The SMILES string of the molecule is Cc1ccc(C(C)NC(=O)C(C)N2CCNCC2)o1.